The molecule has 2 N–H and O–H groups in total. The molecule has 1 atom stereocenters. The molecular weight excluding hydrogens is 338 g/mol. The highest BCUT2D eigenvalue weighted by molar-refractivity contribution is 6.32. The van der Waals surface area contributed by atoms with E-state index >= 15 is 0 Å². The number of amides is 1. The van der Waals surface area contributed by atoms with Crippen LogP contribution in [0.25, 0.3) is 5.69 Å². The minimum absolute atomic E-state index is 0.0814. The topological polar surface area (TPSA) is 77.0 Å². The van der Waals surface area contributed by atoms with E-state index in [2.05, 4.69) is 10.1 Å². The van der Waals surface area contributed by atoms with Crippen LogP contribution in [0.15, 0.2) is 24.3 Å². The summed E-state index contributed by atoms with van der Waals surface area (Å²) in [4.78, 5) is 19.4. The van der Waals surface area contributed by atoms with Gasteiger partial charge in [0.25, 0.3) is 5.91 Å². The van der Waals surface area contributed by atoms with Gasteiger partial charge in [-0.2, -0.15) is 0 Å². The van der Waals surface area contributed by atoms with Gasteiger partial charge in [-0.15, -0.1) is 5.10 Å². The van der Waals surface area contributed by atoms with Crippen molar-refractivity contribution >= 4 is 17.5 Å². The fourth-order valence-corrected chi connectivity index (χ4v) is 3.68. The van der Waals surface area contributed by atoms with Gasteiger partial charge in [0.2, 0.25) is 5.82 Å². The molecule has 1 amide bonds. The Labute approximate surface area is 152 Å². The lowest BCUT2D eigenvalue weighted by Gasteiger charge is -2.34. The molecule has 1 unspecified atom stereocenters. The molecule has 2 heterocycles. The Morgan fingerprint density at radius 2 is 2.04 bits per heavy atom. The number of carbonyl (C=O) groups excluding carboxylic acids is 1. The monoisotopic (exact) mass is 359 g/mol. The number of carbonyl (C=O) groups is 1. The molecule has 1 aliphatic heterocycles. The first-order chi connectivity index (χ1) is 12.2. The smallest absolute Gasteiger partial charge is 0.293 e. The molecule has 7 heteroatoms. The highest BCUT2D eigenvalue weighted by Crippen LogP contribution is 2.40. The van der Waals surface area contributed by atoms with Crippen molar-refractivity contribution in [3.05, 3.63) is 40.9 Å². The van der Waals surface area contributed by atoms with E-state index in [9.17, 15) is 4.79 Å². The number of piperidine rings is 1. The standard InChI is InChI=1S/C18H22ClN5O/c19-14-6-1-2-7-15(14)24-17(12-8-9-12)21-16(22-24)18(25)23-10-4-3-5-13(23)11-20/h1-2,6-7,12-13H,3-5,8-11,20H2. The number of hydrogen-bond acceptors (Lipinski definition) is 4. The van der Waals surface area contributed by atoms with Crippen molar-refractivity contribution in [2.24, 2.45) is 5.73 Å². The van der Waals surface area contributed by atoms with E-state index in [1.165, 1.54) is 0 Å². The number of para-hydroxylation sites is 1. The number of likely N-dealkylation sites (tertiary alicyclic amines) is 1. The molecule has 6 nitrogen and oxygen atoms in total. The van der Waals surface area contributed by atoms with Crippen LogP contribution >= 0.6 is 11.6 Å². The minimum Gasteiger partial charge on any atom is -0.332 e. The first kappa shape index (κ1) is 16.5. The Morgan fingerprint density at radius 3 is 2.76 bits per heavy atom. The number of nitrogens with zero attached hydrogens (tertiary/aromatic N) is 4. The van der Waals surface area contributed by atoms with Crippen LogP contribution in [0.5, 0.6) is 0 Å². The van der Waals surface area contributed by atoms with Crippen molar-refractivity contribution in [1.82, 2.24) is 19.7 Å². The second-order valence-electron chi connectivity index (χ2n) is 6.81. The molecule has 2 aliphatic rings. The summed E-state index contributed by atoms with van der Waals surface area (Å²) in [5.41, 5.74) is 6.63. The molecule has 0 radical (unpaired) electrons. The summed E-state index contributed by atoms with van der Waals surface area (Å²) in [5, 5.41) is 5.14. The SMILES string of the molecule is NCC1CCCCN1C(=O)c1nc(C2CC2)n(-c2ccccc2Cl)n1. The number of benzene rings is 1. The summed E-state index contributed by atoms with van der Waals surface area (Å²) in [6.07, 6.45) is 5.21. The van der Waals surface area contributed by atoms with Gasteiger partial charge in [-0.3, -0.25) is 4.79 Å². The van der Waals surface area contributed by atoms with E-state index in [0.717, 1.165) is 50.2 Å². The summed E-state index contributed by atoms with van der Waals surface area (Å²) in [6.45, 7) is 1.20. The summed E-state index contributed by atoms with van der Waals surface area (Å²) >= 11 is 6.34. The highest BCUT2D eigenvalue weighted by Gasteiger charge is 2.34. The van der Waals surface area contributed by atoms with Gasteiger partial charge < -0.3 is 10.6 Å². The van der Waals surface area contributed by atoms with Crippen LogP contribution in [0.4, 0.5) is 0 Å². The largest absolute Gasteiger partial charge is 0.332 e. The highest BCUT2D eigenvalue weighted by atomic mass is 35.5. The van der Waals surface area contributed by atoms with Gasteiger partial charge in [-0.25, -0.2) is 9.67 Å². The van der Waals surface area contributed by atoms with E-state index in [-0.39, 0.29) is 17.8 Å². The predicted octanol–water partition coefficient (Wildman–Crippen LogP) is 2.75. The number of halogens is 1. The van der Waals surface area contributed by atoms with Gasteiger partial charge in [0, 0.05) is 25.0 Å². The predicted molar refractivity (Wildman–Crippen MR) is 96.1 cm³/mol. The maximum Gasteiger partial charge on any atom is 0.293 e. The lowest BCUT2D eigenvalue weighted by Crippen LogP contribution is -2.47. The van der Waals surface area contributed by atoms with Crippen LogP contribution in [0, 0.1) is 0 Å². The van der Waals surface area contributed by atoms with Gasteiger partial charge in [0.15, 0.2) is 0 Å². The molecule has 1 aromatic heterocycles. The average molecular weight is 360 g/mol. The van der Waals surface area contributed by atoms with Crippen molar-refractivity contribution < 1.29 is 4.79 Å². The van der Waals surface area contributed by atoms with Crippen molar-refractivity contribution in [2.75, 3.05) is 13.1 Å². The van der Waals surface area contributed by atoms with Gasteiger partial charge >= 0.3 is 0 Å². The molecule has 25 heavy (non-hydrogen) atoms. The van der Waals surface area contributed by atoms with Crippen molar-refractivity contribution in [3.8, 4) is 5.69 Å². The fraction of sp³-hybridized carbons (Fsp3) is 0.500. The third-order valence-corrected chi connectivity index (χ3v) is 5.33. The van der Waals surface area contributed by atoms with Crippen LogP contribution in [0.2, 0.25) is 5.02 Å². The van der Waals surface area contributed by atoms with E-state index in [1.54, 1.807) is 4.68 Å². The summed E-state index contributed by atoms with van der Waals surface area (Å²) in [7, 11) is 0. The molecule has 2 fully saturated rings. The Balaban J connectivity index is 1.70. The molecule has 1 saturated heterocycles. The van der Waals surface area contributed by atoms with E-state index in [1.807, 2.05) is 29.2 Å². The second-order valence-corrected chi connectivity index (χ2v) is 7.22. The quantitative estimate of drug-likeness (QED) is 0.910. The van der Waals surface area contributed by atoms with Crippen LogP contribution in [0.3, 0.4) is 0 Å². The van der Waals surface area contributed by atoms with Crippen LogP contribution in [0.1, 0.15) is 54.5 Å². The molecular formula is C18H22ClN5O. The second kappa shape index (κ2) is 6.77. The summed E-state index contributed by atoms with van der Waals surface area (Å²) in [5.74, 6) is 1.32. The number of aromatic nitrogens is 3. The third-order valence-electron chi connectivity index (χ3n) is 5.01. The van der Waals surface area contributed by atoms with Crippen molar-refractivity contribution in [3.63, 3.8) is 0 Å². The zero-order valence-electron chi connectivity index (χ0n) is 14.1. The molecule has 0 spiro atoms. The Kier molecular flexibility index (Phi) is 4.48. The van der Waals surface area contributed by atoms with Crippen LogP contribution in [-0.4, -0.2) is 44.7 Å². The Morgan fingerprint density at radius 1 is 1.24 bits per heavy atom. The first-order valence-electron chi connectivity index (χ1n) is 8.92. The molecule has 1 aromatic carbocycles. The molecule has 132 valence electrons. The van der Waals surface area contributed by atoms with Gasteiger partial charge in [-0.1, -0.05) is 23.7 Å². The van der Waals surface area contributed by atoms with Crippen molar-refractivity contribution in [1.29, 1.82) is 0 Å². The van der Waals surface area contributed by atoms with Crippen molar-refractivity contribution in [2.45, 2.75) is 44.1 Å². The normalized spacial score (nSPS) is 20.7. The third kappa shape index (κ3) is 3.16. The summed E-state index contributed by atoms with van der Waals surface area (Å²) in [6, 6.07) is 7.60. The molecule has 1 aliphatic carbocycles. The zero-order chi connectivity index (χ0) is 17.4. The number of rotatable bonds is 4. The van der Waals surface area contributed by atoms with Crippen LogP contribution in [-0.2, 0) is 0 Å². The fourth-order valence-electron chi connectivity index (χ4n) is 3.46. The maximum absolute atomic E-state index is 13.0. The maximum atomic E-state index is 13.0. The van der Waals surface area contributed by atoms with E-state index in [0.29, 0.717) is 17.5 Å². The lowest BCUT2D eigenvalue weighted by atomic mass is 10.0. The Bertz CT molecular complexity index is 786. The summed E-state index contributed by atoms with van der Waals surface area (Å²) < 4.78 is 1.74. The van der Waals surface area contributed by atoms with Gasteiger partial charge in [-0.05, 0) is 44.2 Å². The number of hydrogen-bond donors (Lipinski definition) is 1. The molecule has 0 bridgehead atoms. The lowest BCUT2D eigenvalue weighted by molar-refractivity contribution is 0.0610. The van der Waals surface area contributed by atoms with E-state index in [4.69, 9.17) is 17.3 Å². The number of nitrogens with two attached hydrogens (primary N) is 1. The van der Waals surface area contributed by atoms with E-state index < -0.39 is 0 Å². The molecule has 4 rings (SSSR count). The van der Waals surface area contributed by atoms with Crippen LogP contribution < -0.4 is 5.73 Å². The van der Waals surface area contributed by atoms with Gasteiger partial charge in [0.05, 0.1) is 10.7 Å². The average Bonchev–Trinajstić information content (AvgIpc) is 3.40. The zero-order valence-corrected chi connectivity index (χ0v) is 14.8. The minimum atomic E-state index is -0.122. The molecule has 2 aromatic rings. The Hall–Kier alpha value is -1.92. The van der Waals surface area contributed by atoms with Gasteiger partial charge in [0.1, 0.15) is 5.82 Å². The molecule has 1 saturated carbocycles. The first-order valence-corrected chi connectivity index (χ1v) is 9.29.